The van der Waals surface area contributed by atoms with Gasteiger partial charge in [0.15, 0.2) is 0 Å². The zero-order valence-corrected chi connectivity index (χ0v) is 13.8. The van der Waals surface area contributed by atoms with Crippen LogP contribution in [0.1, 0.15) is 16.8 Å². The number of pyridine rings is 1. The van der Waals surface area contributed by atoms with Gasteiger partial charge in [-0.25, -0.2) is 9.97 Å². The summed E-state index contributed by atoms with van der Waals surface area (Å²) in [5, 5.41) is 0. The van der Waals surface area contributed by atoms with Gasteiger partial charge in [0, 0.05) is 23.5 Å². The van der Waals surface area contributed by atoms with Crippen LogP contribution in [0.5, 0.6) is 0 Å². The van der Waals surface area contributed by atoms with E-state index in [4.69, 9.17) is 5.73 Å². The van der Waals surface area contributed by atoms with Crippen LogP contribution in [0.4, 0.5) is 5.95 Å². The fourth-order valence-corrected chi connectivity index (χ4v) is 2.55. The van der Waals surface area contributed by atoms with Gasteiger partial charge in [0.2, 0.25) is 5.95 Å². The molecule has 0 spiro atoms. The molecule has 0 atom stereocenters. The monoisotopic (exact) mass is 338 g/mol. The molecule has 3 aromatic heterocycles. The van der Waals surface area contributed by atoms with Crippen molar-refractivity contribution >= 4 is 23.1 Å². The zero-order valence-electron chi connectivity index (χ0n) is 13.8. The number of nitrogens with two attached hydrogens (primary N) is 1. The lowest BCUT2D eigenvalue weighted by Gasteiger charge is -2.03. The fraction of sp³-hybridized carbons (Fsp3) is 0. The van der Waals surface area contributed by atoms with Gasteiger partial charge in [-0.15, -0.1) is 0 Å². The number of fused-ring (bicyclic) bond motifs is 1. The number of imidazole rings is 1. The Morgan fingerprint density at radius 3 is 2.58 bits per heavy atom. The first-order valence-corrected chi connectivity index (χ1v) is 7.89. The van der Waals surface area contributed by atoms with Crippen molar-refractivity contribution in [1.82, 2.24) is 24.5 Å². The van der Waals surface area contributed by atoms with Gasteiger partial charge in [-0.3, -0.25) is 9.55 Å². The van der Waals surface area contributed by atoms with Crippen molar-refractivity contribution in [3.05, 3.63) is 78.5 Å². The number of anilines is 1. The lowest BCUT2D eigenvalue weighted by Crippen LogP contribution is -2.01. The first-order chi connectivity index (χ1) is 12.7. The average Bonchev–Trinajstić information content (AvgIpc) is 3.10. The quantitative estimate of drug-likeness (QED) is 0.568. The van der Waals surface area contributed by atoms with Crippen LogP contribution in [0.15, 0.2) is 61.7 Å². The topological polar surface area (TPSA) is 82.5 Å². The summed E-state index contributed by atoms with van der Waals surface area (Å²) in [6.07, 6.45) is 6.75. The van der Waals surface area contributed by atoms with E-state index in [1.807, 2.05) is 34.9 Å². The summed E-state index contributed by atoms with van der Waals surface area (Å²) in [4.78, 5) is 16.7. The third-order valence-corrected chi connectivity index (χ3v) is 3.79. The number of aromatic nitrogens is 5. The van der Waals surface area contributed by atoms with Gasteiger partial charge in [0.25, 0.3) is 0 Å². The molecule has 6 heteroatoms. The van der Waals surface area contributed by atoms with Gasteiger partial charge in [-0.2, -0.15) is 4.98 Å². The van der Waals surface area contributed by atoms with Crippen molar-refractivity contribution in [1.29, 1.82) is 0 Å². The van der Waals surface area contributed by atoms with Crippen molar-refractivity contribution in [2.45, 2.75) is 0 Å². The Balaban J connectivity index is 1.75. The van der Waals surface area contributed by atoms with E-state index in [9.17, 15) is 0 Å². The van der Waals surface area contributed by atoms with E-state index < -0.39 is 0 Å². The minimum absolute atomic E-state index is 0.219. The normalized spacial score (nSPS) is 10.3. The van der Waals surface area contributed by atoms with E-state index in [2.05, 4.69) is 38.4 Å². The molecule has 26 heavy (non-hydrogen) atoms. The molecule has 0 radical (unpaired) electrons. The number of nitrogens with zero attached hydrogens (tertiary/aromatic N) is 5. The van der Waals surface area contributed by atoms with Crippen LogP contribution in [0.25, 0.3) is 22.9 Å². The van der Waals surface area contributed by atoms with E-state index in [0.717, 1.165) is 27.9 Å². The number of rotatable bonds is 2. The lowest BCUT2D eigenvalue weighted by molar-refractivity contribution is 1.00. The van der Waals surface area contributed by atoms with Gasteiger partial charge in [-0.05, 0) is 42.5 Å². The maximum atomic E-state index is 5.68. The number of hydrogen-bond acceptors (Lipinski definition) is 5. The first kappa shape index (κ1) is 15.5. The Labute approximate surface area is 150 Å². The molecule has 3 heterocycles. The summed E-state index contributed by atoms with van der Waals surface area (Å²) >= 11 is 0. The van der Waals surface area contributed by atoms with Gasteiger partial charge in [-0.1, -0.05) is 18.4 Å². The molecule has 0 amide bonds. The predicted octanol–water partition coefficient (Wildman–Crippen LogP) is 2.84. The summed E-state index contributed by atoms with van der Waals surface area (Å²) in [7, 11) is 0. The fourth-order valence-electron chi connectivity index (χ4n) is 2.55. The predicted molar refractivity (Wildman–Crippen MR) is 101 cm³/mol. The molecular formula is C20H14N6. The average molecular weight is 338 g/mol. The molecule has 2 N–H and O–H groups in total. The van der Waals surface area contributed by atoms with Crippen LogP contribution in [0, 0.1) is 11.8 Å². The van der Waals surface area contributed by atoms with E-state index in [-0.39, 0.29) is 5.95 Å². The third-order valence-electron chi connectivity index (χ3n) is 3.79. The van der Waals surface area contributed by atoms with E-state index in [0.29, 0.717) is 5.82 Å². The molecule has 0 aliphatic rings. The zero-order chi connectivity index (χ0) is 17.9. The highest BCUT2D eigenvalue weighted by Crippen LogP contribution is 2.18. The molecule has 0 saturated heterocycles. The smallest absolute Gasteiger partial charge is 0.221 e. The summed E-state index contributed by atoms with van der Waals surface area (Å²) in [6, 6.07) is 11.4. The van der Waals surface area contributed by atoms with Crippen LogP contribution in [-0.2, 0) is 0 Å². The summed E-state index contributed by atoms with van der Waals surface area (Å²) < 4.78 is 1.86. The number of hydrogen-bond donors (Lipinski definition) is 1. The Bertz CT molecular complexity index is 1180. The Morgan fingerprint density at radius 2 is 1.77 bits per heavy atom. The molecule has 0 bridgehead atoms. The molecule has 124 valence electrons. The molecule has 0 fully saturated rings. The molecule has 6 nitrogen and oxygen atoms in total. The van der Waals surface area contributed by atoms with Crippen LogP contribution in [0.2, 0.25) is 0 Å². The molecule has 1 aromatic carbocycles. The molecule has 4 aromatic rings. The van der Waals surface area contributed by atoms with E-state index in [1.165, 1.54) is 0 Å². The highest BCUT2D eigenvalue weighted by molar-refractivity contribution is 5.79. The van der Waals surface area contributed by atoms with Gasteiger partial charge >= 0.3 is 0 Å². The van der Waals surface area contributed by atoms with Gasteiger partial charge in [0.1, 0.15) is 12.1 Å². The Hall–Kier alpha value is -3.98. The maximum absolute atomic E-state index is 5.68. The van der Waals surface area contributed by atoms with Crippen LogP contribution >= 0.6 is 0 Å². The molecule has 0 aliphatic heterocycles. The van der Waals surface area contributed by atoms with Crippen LogP contribution < -0.4 is 5.73 Å². The Morgan fingerprint density at radius 1 is 0.962 bits per heavy atom. The molecule has 0 unspecified atom stereocenters. The maximum Gasteiger partial charge on any atom is 0.221 e. The summed E-state index contributed by atoms with van der Waals surface area (Å²) in [5.74, 6) is 7.20. The largest absolute Gasteiger partial charge is 0.368 e. The lowest BCUT2D eigenvalue weighted by atomic mass is 10.1. The highest BCUT2D eigenvalue weighted by atomic mass is 15.1. The van der Waals surface area contributed by atoms with E-state index in [1.54, 1.807) is 30.9 Å². The van der Waals surface area contributed by atoms with Crippen molar-refractivity contribution in [2.75, 3.05) is 5.73 Å². The molecule has 4 rings (SSSR count). The summed E-state index contributed by atoms with van der Waals surface area (Å²) in [6.45, 7) is 3.72. The number of benzene rings is 1. The van der Waals surface area contributed by atoms with Crippen molar-refractivity contribution in [3.63, 3.8) is 0 Å². The first-order valence-electron chi connectivity index (χ1n) is 7.89. The summed E-state index contributed by atoms with van der Waals surface area (Å²) in [5.41, 5.74) is 9.99. The second-order valence-corrected chi connectivity index (χ2v) is 5.51. The van der Waals surface area contributed by atoms with E-state index >= 15 is 0 Å². The minimum atomic E-state index is 0.219. The second-order valence-electron chi connectivity index (χ2n) is 5.51. The molecular weight excluding hydrogens is 324 g/mol. The number of nitrogen functional groups attached to an aromatic ring is 1. The van der Waals surface area contributed by atoms with Crippen molar-refractivity contribution in [2.24, 2.45) is 0 Å². The standard InChI is InChI=1S/C20H14N6/c1-2-16-11-15(7-9-22-16)4-3-14-5-6-17-18(12-14)26(13-24-17)19-8-10-23-20(21)25-19/h2,5-13H,1H2,(H2,21,23,25). The minimum Gasteiger partial charge on any atom is -0.368 e. The van der Waals surface area contributed by atoms with Crippen LogP contribution in [-0.4, -0.2) is 24.5 Å². The third kappa shape index (κ3) is 3.01. The highest BCUT2D eigenvalue weighted by Gasteiger charge is 2.06. The van der Waals surface area contributed by atoms with Gasteiger partial charge in [0.05, 0.1) is 16.7 Å². The SMILES string of the molecule is C=Cc1cc(C#Cc2ccc3ncn(-c4ccnc(N)n4)c3c2)ccn1. The molecule has 0 saturated carbocycles. The molecule has 0 aliphatic carbocycles. The second kappa shape index (κ2) is 6.49. The van der Waals surface area contributed by atoms with Gasteiger partial charge < -0.3 is 5.73 Å². The van der Waals surface area contributed by atoms with Crippen molar-refractivity contribution < 1.29 is 0 Å². The van der Waals surface area contributed by atoms with Crippen LogP contribution in [0.3, 0.4) is 0 Å². The Kier molecular flexibility index (Phi) is 3.88. The van der Waals surface area contributed by atoms with Crippen molar-refractivity contribution in [3.8, 4) is 17.7 Å².